The van der Waals surface area contributed by atoms with Crippen LogP contribution in [-0.4, -0.2) is 31.6 Å². The Hall–Kier alpha value is -3.02. The van der Waals surface area contributed by atoms with Crippen molar-refractivity contribution in [3.8, 4) is 11.5 Å². The van der Waals surface area contributed by atoms with Crippen LogP contribution in [0.1, 0.15) is 25.0 Å². The molecule has 0 unspecified atom stereocenters. The van der Waals surface area contributed by atoms with Gasteiger partial charge in [-0.05, 0) is 36.2 Å². The van der Waals surface area contributed by atoms with Gasteiger partial charge in [0.25, 0.3) is 0 Å². The predicted octanol–water partition coefficient (Wildman–Crippen LogP) is 2.69. The molecular formula is C21H24N2O4. The lowest BCUT2D eigenvalue weighted by atomic mass is 10.1. The lowest BCUT2D eigenvalue weighted by molar-refractivity contribution is -0.125. The fourth-order valence-electron chi connectivity index (χ4n) is 3.39. The number of nitrogens with one attached hydrogen (secondary N) is 1. The Morgan fingerprint density at radius 1 is 1.19 bits per heavy atom. The fourth-order valence-corrected chi connectivity index (χ4v) is 3.39. The Balaban J connectivity index is 1.70. The lowest BCUT2D eigenvalue weighted by Crippen LogP contribution is -2.47. The number of amides is 2. The summed E-state index contributed by atoms with van der Waals surface area (Å²) < 4.78 is 10.9. The highest BCUT2D eigenvalue weighted by Gasteiger charge is 2.36. The molecule has 2 aromatic rings. The average Bonchev–Trinajstić information content (AvgIpc) is 3.07. The highest BCUT2D eigenvalue weighted by Crippen LogP contribution is 2.32. The molecular weight excluding hydrogens is 344 g/mol. The zero-order valence-electron chi connectivity index (χ0n) is 15.8. The Morgan fingerprint density at radius 3 is 2.67 bits per heavy atom. The van der Waals surface area contributed by atoms with Gasteiger partial charge in [-0.2, -0.15) is 0 Å². The van der Waals surface area contributed by atoms with Gasteiger partial charge in [-0.3, -0.25) is 14.5 Å². The minimum atomic E-state index is -0.524. The topological polar surface area (TPSA) is 67.9 Å². The molecule has 1 atom stereocenters. The third-order valence-corrected chi connectivity index (χ3v) is 4.61. The minimum absolute atomic E-state index is 0.136. The van der Waals surface area contributed by atoms with E-state index in [1.54, 1.807) is 12.0 Å². The van der Waals surface area contributed by atoms with Gasteiger partial charge in [0.2, 0.25) is 11.8 Å². The summed E-state index contributed by atoms with van der Waals surface area (Å²) >= 11 is 0. The number of carbonyl (C=O) groups is 2. The van der Waals surface area contributed by atoms with Gasteiger partial charge in [0, 0.05) is 25.6 Å². The van der Waals surface area contributed by atoms with Crippen molar-refractivity contribution in [3.63, 3.8) is 0 Å². The highest BCUT2D eigenvalue weighted by atomic mass is 16.5. The molecule has 2 amide bonds. The third kappa shape index (κ3) is 3.89. The van der Waals surface area contributed by atoms with E-state index in [4.69, 9.17) is 9.47 Å². The summed E-state index contributed by atoms with van der Waals surface area (Å²) in [5.74, 6) is 0.989. The number of benzene rings is 2. The predicted molar refractivity (Wildman–Crippen MR) is 103 cm³/mol. The first kappa shape index (κ1) is 18.8. The second kappa shape index (κ2) is 8.12. The molecule has 1 heterocycles. The molecule has 27 heavy (non-hydrogen) atoms. The number of methoxy groups -OCH3 is 1. The summed E-state index contributed by atoms with van der Waals surface area (Å²) in [4.78, 5) is 26.4. The summed E-state index contributed by atoms with van der Waals surface area (Å²) in [5, 5.41) is 2.93. The lowest BCUT2D eigenvalue weighted by Gasteiger charge is -2.23. The van der Waals surface area contributed by atoms with Gasteiger partial charge < -0.3 is 14.8 Å². The zero-order valence-corrected chi connectivity index (χ0v) is 15.8. The van der Waals surface area contributed by atoms with Crippen LogP contribution in [0.25, 0.3) is 0 Å². The molecule has 0 aliphatic carbocycles. The maximum absolute atomic E-state index is 12.8. The quantitative estimate of drug-likeness (QED) is 0.851. The van der Waals surface area contributed by atoms with Crippen molar-refractivity contribution in [3.05, 3.63) is 53.6 Å². The Bertz CT molecular complexity index is 850. The van der Waals surface area contributed by atoms with E-state index in [0.717, 1.165) is 16.8 Å². The van der Waals surface area contributed by atoms with Gasteiger partial charge in [-0.1, -0.05) is 24.3 Å². The number of rotatable bonds is 6. The van der Waals surface area contributed by atoms with Crippen LogP contribution in [0.15, 0.2) is 42.5 Å². The minimum Gasteiger partial charge on any atom is -0.493 e. The van der Waals surface area contributed by atoms with Crippen LogP contribution in [0.2, 0.25) is 0 Å². The number of para-hydroxylation sites is 1. The van der Waals surface area contributed by atoms with Crippen molar-refractivity contribution in [1.29, 1.82) is 0 Å². The molecule has 0 radical (unpaired) electrons. The molecule has 0 bridgehead atoms. The molecule has 1 aliphatic rings. The van der Waals surface area contributed by atoms with E-state index in [-0.39, 0.29) is 11.8 Å². The second-order valence-corrected chi connectivity index (χ2v) is 6.37. The van der Waals surface area contributed by atoms with Crippen molar-refractivity contribution in [1.82, 2.24) is 5.32 Å². The molecule has 0 saturated heterocycles. The van der Waals surface area contributed by atoms with Crippen molar-refractivity contribution < 1.29 is 19.1 Å². The number of hydrogen-bond acceptors (Lipinski definition) is 4. The molecule has 1 aliphatic heterocycles. The van der Waals surface area contributed by atoms with Gasteiger partial charge in [0.15, 0.2) is 11.5 Å². The first-order chi connectivity index (χ1) is 13.0. The van der Waals surface area contributed by atoms with Crippen LogP contribution in [0.4, 0.5) is 5.69 Å². The maximum atomic E-state index is 12.8. The number of carbonyl (C=O) groups excluding carboxylic acids is 2. The fraction of sp³-hybridized carbons (Fsp3) is 0.333. The van der Waals surface area contributed by atoms with E-state index in [2.05, 4.69) is 5.32 Å². The Morgan fingerprint density at radius 2 is 1.96 bits per heavy atom. The number of hydrogen-bond donors (Lipinski definition) is 1. The van der Waals surface area contributed by atoms with E-state index in [1.807, 2.05) is 49.4 Å². The Labute approximate surface area is 159 Å². The van der Waals surface area contributed by atoms with Crippen LogP contribution < -0.4 is 19.7 Å². The third-order valence-electron chi connectivity index (χ3n) is 4.61. The SMILES string of the molecule is CCOc1ccc(CNC(=O)[C@@H]2Cc3ccccc3N2C(C)=O)cc1OC. The molecule has 0 fully saturated rings. The summed E-state index contributed by atoms with van der Waals surface area (Å²) in [7, 11) is 1.58. The smallest absolute Gasteiger partial charge is 0.243 e. The molecule has 142 valence electrons. The molecule has 0 aromatic heterocycles. The van der Waals surface area contributed by atoms with E-state index < -0.39 is 6.04 Å². The zero-order chi connectivity index (χ0) is 19.4. The van der Waals surface area contributed by atoms with Gasteiger partial charge in [-0.25, -0.2) is 0 Å². The number of nitrogens with zero attached hydrogens (tertiary/aromatic N) is 1. The largest absolute Gasteiger partial charge is 0.493 e. The molecule has 2 aromatic carbocycles. The summed E-state index contributed by atoms with van der Waals surface area (Å²) in [5.41, 5.74) is 2.72. The molecule has 6 heteroatoms. The van der Waals surface area contributed by atoms with Crippen molar-refractivity contribution in [2.45, 2.75) is 32.9 Å². The van der Waals surface area contributed by atoms with Crippen molar-refractivity contribution in [2.24, 2.45) is 0 Å². The number of anilines is 1. The molecule has 6 nitrogen and oxygen atoms in total. The summed E-state index contributed by atoms with van der Waals surface area (Å²) in [6.45, 7) is 4.30. The van der Waals surface area contributed by atoms with Crippen LogP contribution in [-0.2, 0) is 22.6 Å². The monoisotopic (exact) mass is 368 g/mol. The van der Waals surface area contributed by atoms with Gasteiger partial charge >= 0.3 is 0 Å². The van der Waals surface area contributed by atoms with Crippen molar-refractivity contribution in [2.75, 3.05) is 18.6 Å². The van der Waals surface area contributed by atoms with E-state index in [0.29, 0.717) is 31.1 Å². The van der Waals surface area contributed by atoms with Gasteiger partial charge in [-0.15, -0.1) is 0 Å². The van der Waals surface area contributed by atoms with E-state index in [9.17, 15) is 9.59 Å². The van der Waals surface area contributed by atoms with Gasteiger partial charge in [0.05, 0.1) is 13.7 Å². The molecule has 3 rings (SSSR count). The molecule has 1 N–H and O–H groups in total. The van der Waals surface area contributed by atoms with Crippen LogP contribution >= 0.6 is 0 Å². The highest BCUT2D eigenvalue weighted by molar-refractivity contribution is 6.02. The van der Waals surface area contributed by atoms with E-state index >= 15 is 0 Å². The summed E-state index contributed by atoms with van der Waals surface area (Å²) in [6.07, 6.45) is 0.522. The standard InChI is InChI=1S/C21H24N2O4/c1-4-27-19-10-9-15(11-20(19)26-3)13-22-21(25)18-12-16-7-5-6-8-17(16)23(18)14(2)24/h5-11,18H,4,12-13H2,1-3H3,(H,22,25)/t18-/m0/s1. The molecule has 0 saturated carbocycles. The van der Waals surface area contributed by atoms with Gasteiger partial charge in [0.1, 0.15) is 6.04 Å². The number of ether oxygens (including phenoxy) is 2. The number of fused-ring (bicyclic) bond motifs is 1. The normalized spacial score (nSPS) is 15.2. The van der Waals surface area contributed by atoms with E-state index in [1.165, 1.54) is 6.92 Å². The molecule has 0 spiro atoms. The van der Waals surface area contributed by atoms with Crippen LogP contribution in [0, 0.1) is 0 Å². The first-order valence-electron chi connectivity index (χ1n) is 9.00. The summed E-state index contributed by atoms with van der Waals surface area (Å²) in [6, 6.07) is 12.7. The first-order valence-corrected chi connectivity index (χ1v) is 9.00. The maximum Gasteiger partial charge on any atom is 0.243 e. The van der Waals surface area contributed by atoms with Crippen LogP contribution in [0.3, 0.4) is 0 Å². The van der Waals surface area contributed by atoms with Crippen molar-refractivity contribution >= 4 is 17.5 Å². The second-order valence-electron chi connectivity index (χ2n) is 6.37. The Kier molecular flexibility index (Phi) is 5.64. The van der Waals surface area contributed by atoms with Crippen LogP contribution in [0.5, 0.6) is 11.5 Å². The average molecular weight is 368 g/mol.